The Morgan fingerprint density at radius 3 is 2.53 bits per heavy atom. The Morgan fingerprint density at radius 2 is 1.80 bits per heavy atom. The lowest BCUT2D eigenvalue weighted by atomic mass is 10.1. The number of nitrogens with zero attached hydrogens (tertiary/aromatic N) is 2. The van der Waals surface area contributed by atoms with E-state index >= 15 is 0 Å². The number of H-pyrrole nitrogens is 2. The summed E-state index contributed by atoms with van der Waals surface area (Å²) in [4.78, 5) is 19.4. The van der Waals surface area contributed by atoms with Gasteiger partial charge in [0.1, 0.15) is 5.69 Å². The summed E-state index contributed by atoms with van der Waals surface area (Å²) in [6.45, 7) is 0.820. The molecule has 0 atom stereocenters. The number of para-hydroxylation sites is 1. The van der Waals surface area contributed by atoms with Crippen LogP contribution in [0.1, 0.15) is 0 Å². The zero-order valence-corrected chi connectivity index (χ0v) is 17.2. The second kappa shape index (κ2) is 7.56. The molecule has 0 aliphatic carbocycles. The summed E-state index contributed by atoms with van der Waals surface area (Å²) < 4.78 is 28.0. The van der Waals surface area contributed by atoms with Crippen LogP contribution in [0.25, 0.3) is 33.1 Å². The van der Waals surface area contributed by atoms with Crippen molar-refractivity contribution in [3.05, 3.63) is 47.4 Å². The first kappa shape index (κ1) is 20.1. The monoisotopic (exact) mass is 427 g/mol. The van der Waals surface area contributed by atoms with E-state index in [-0.39, 0.29) is 23.0 Å². The van der Waals surface area contributed by atoms with E-state index in [1.54, 1.807) is 24.3 Å². The number of aromatic hydroxyl groups is 1. The molecule has 0 aliphatic heterocycles. The van der Waals surface area contributed by atoms with Crippen LogP contribution in [0.15, 0.2) is 52.5 Å². The van der Waals surface area contributed by atoms with Crippen molar-refractivity contribution >= 4 is 37.5 Å². The van der Waals surface area contributed by atoms with E-state index in [0.717, 1.165) is 0 Å². The van der Waals surface area contributed by atoms with Crippen molar-refractivity contribution in [2.75, 3.05) is 27.2 Å². The average Bonchev–Trinajstić information content (AvgIpc) is 3.22. The average molecular weight is 427 g/mol. The fourth-order valence-electron chi connectivity index (χ4n) is 3.47. The molecule has 9 nitrogen and oxygen atoms in total. The predicted octanol–water partition coefficient (Wildman–Crippen LogP) is 3.26. The predicted molar refractivity (Wildman–Crippen MR) is 116 cm³/mol. The van der Waals surface area contributed by atoms with Crippen molar-refractivity contribution in [3.8, 4) is 17.1 Å². The van der Waals surface area contributed by atoms with Gasteiger partial charge in [-0.3, -0.25) is 0 Å². The maximum atomic E-state index is 12.7. The van der Waals surface area contributed by atoms with Crippen LogP contribution < -0.4 is 4.72 Å². The second-order valence-electron chi connectivity index (χ2n) is 7.24. The number of fused-ring (bicyclic) bond motifs is 2. The summed E-state index contributed by atoms with van der Waals surface area (Å²) in [5, 5.41) is 14.8. The van der Waals surface area contributed by atoms with Crippen LogP contribution >= 0.6 is 0 Å². The Labute approximate surface area is 172 Å². The second-order valence-corrected chi connectivity index (χ2v) is 9.01. The summed E-state index contributed by atoms with van der Waals surface area (Å²) in [5.41, 5.74) is 1.99. The minimum absolute atomic E-state index is 0.0609. The number of aromatic amines is 2. The van der Waals surface area contributed by atoms with Crippen LogP contribution in [0, 0.1) is 4.91 Å². The SMILES string of the molecule is CN(C)CCNS(=O)(=O)c1ccc2[nH]c(O)c(-c3[nH]c4ccccc4c3N=O)c2c1. The molecule has 0 amide bonds. The fourth-order valence-corrected chi connectivity index (χ4v) is 4.51. The number of hydrogen-bond donors (Lipinski definition) is 4. The Hall–Kier alpha value is -3.21. The Kier molecular flexibility index (Phi) is 5.06. The minimum atomic E-state index is -3.74. The first-order valence-electron chi connectivity index (χ1n) is 9.25. The van der Waals surface area contributed by atoms with Gasteiger partial charge in [-0.2, -0.15) is 0 Å². The van der Waals surface area contributed by atoms with Crippen LogP contribution in [0.3, 0.4) is 0 Å². The summed E-state index contributed by atoms with van der Waals surface area (Å²) in [6.07, 6.45) is 0. The molecule has 10 heteroatoms. The highest BCUT2D eigenvalue weighted by molar-refractivity contribution is 7.89. The van der Waals surface area contributed by atoms with Crippen LogP contribution in [-0.4, -0.2) is 55.6 Å². The van der Waals surface area contributed by atoms with Gasteiger partial charge in [0, 0.05) is 34.9 Å². The summed E-state index contributed by atoms with van der Waals surface area (Å²) >= 11 is 0. The van der Waals surface area contributed by atoms with E-state index in [1.807, 2.05) is 25.1 Å². The lowest BCUT2D eigenvalue weighted by molar-refractivity contribution is 0.412. The highest BCUT2D eigenvalue weighted by atomic mass is 32.2. The first-order valence-corrected chi connectivity index (χ1v) is 10.7. The molecule has 4 N–H and O–H groups in total. The van der Waals surface area contributed by atoms with E-state index in [9.17, 15) is 18.4 Å². The molecule has 0 unspecified atom stereocenters. The van der Waals surface area contributed by atoms with Gasteiger partial charge in [0.2, 0.25) is 10.0 Å². The molecular weight excluding hydrogens is 406 g/mol. The molecule has 156 valence electrons. The molecule has 30 heavy (non-hydrogen) atoms. The van der Waals surface area contributed by atoms with Crippen molar-refractivity contribution in [1.82, 2.24) is 19.6 Å². The van der Waals surface area contributed by atoms with Crippen molar-refractivity contribution in [3.63, 3.8) is 0 Å². The van der Waals surface area contributed by atoms with E-state index < -0.39 is 10.0 Å². The molecule has 0 aliphatic rings. The van der Waals surface area contributed by atoms with E-state index in [1.165, 1.54) is 12.1 Å². The van der Waals surface area contributed by atoms with Gasteiger partial charge in [0.05, 0.1) is 16.2 Å². The lowest BCUT2D eigenvalue weighted by Crippen LogP contribution is -2.31. The van der Waals surface area contributed by atoms with Gasteiger partial charge < -0.3 is 20.0 Å². The van der Waals surface area contributed by atoms with Crippen LogP contribution in [0.2, 0.25) is 0 Å². The van der Waals surface area contributed by atoms with Crippen molar-refractivity contribution in [2.24, 2.45) is 5.18 Å². The van der Waals surface area contributed by atoms with Crippen molar-refractivity contribution < 1.29 is 13.5 Å². The molecule has 0 spiro atoms. The maximum absolute atomic E-state index is 12.7. The quantitative estimate of drug-likeness (QED) is 0.336. The smallest absolute Gasteiger partial charge is 0.240 e. The number of likely N-dealkylation sites (N-methyl/N-ethyl adjacent to an activating group) is 1. The maximum Gasteiger partial charge on any atom is 0.240 e. The Bertz CT molecular complexity index is 1350. The van der Waals surface area contributed by atoms with Crippen LogP contribution in [-0.2, 0) is 10.0 Å². The summed E-state index contributed by atoms with van der Waals surface area (Å²) in [5.74, 6) is -0.184. The van der Waals surface area contributed by atoms with Crippen molar-refractivity contribution in [1.29, 1.82) is 0 Å². The highest BCUT2D eigenvalue weighted by Crippen LogP contribution is 2.44. The number of benzene rings is 2. The number of nitroso groups, excluding NO2 is 1. The van der Waals surface area contributed by atoms with E-state index in [2.05, 4.69) is 19.9 Å². The third-order valence-electron chi connectivity index (χ3n) is 4.93. The molecule has 4 rings (SSSR count). The molecule has 0 saturated carbocycles. The molecule has 4 aromatic rings. The third-order valence-corrected chi connectivity index (χ3v) is 6.39. The Balaban J connectivity index is 1.85. The van der Waals surface area contributed by atoms with E-state index in [0.29, 0.717) is 39.6 Å². The van der Waals surface area contributed by atoms with Gasteiger partial charge in [-0.05, 0) is 43.5 Å². The van der Waals surface area contributed by atoms with Gasteiger partial charge in [-0.15, -0.1) is 4.91 Å². The molecule has 0 saturated heterocycles. The van der Waals surface area contributed by atoms with Gasteiger partial charge in [-0.1, -0.05) is 18.2 Å². The normalized spacial score (nSPS) is 12.2. The zero-order chi connectivity index (χ0) is 21.5. The third kappa shape index (κ3) is 3.45. The topological polar surface area (TPSA) is 131 Å². The number of rotatable bonds is 7. The molecule has 2 aromatic heterocycles. The van der Waals surface area contributed by atoms with Gasteiger partial charge in [-0.25, -0.2) is 13.1 Å². The molecule has 0 fully saturated rings. The van der Waals surface area contributed by atoms with Crippen molar-refractivity contribution in [2.45, 2.75) is 4.90 Å². The number of sulfonamides is 1. The van der Waals surface area contributed by atoms with E-state index in [4.69, 9.17) is 0 Å². The molecule has 2 heterocycles. The molecule has 0 bridgehead atoms. The van der Waals surface area contributed by atoms with Gasteiger partial charge in [0.25, 0.3) is 0 Å². The summed E-state index contributed by atoms with van der Waals surface area (Å²) in [6, 6.07) is 11.7. The number of nitrogens with one attached hydrogen (secondary N) is 3. The zero-order valence-electron chi connectivity index (χ0n) is 16.4. The number of hydrogen-bond acceptors (Lipinski definition) is 6. The fraction of sp³-hybridized carbons (Fsp3) is 0.200. The largest absolute Gasteiger partial charge is 0.494 e. The highest BCUT2D eigenvalue weighted by Gasteiger charge is 2.23. The Morgan fingerprint density at radius 1 is 1.07 bits per heavy atom. The minimum Gasteiger partial charge on any atom is -0.494 e. The van der Waals surface area contributed by atoms with Gasteiger partial charge in [0.15, 0.2) is 5.88 Å². The summed E-state index contributed by atoms with van der Waals surface area (Å²) in [7, 11) is -0.0342. The number of aromatic nitrogens is 2. The van der Waals surface area contributed by atoms with Gasteiger partial charge >= 0.3 is 0 Å². The van der Waals surface area contributed by atoms with Crippen LogP contribution in [0.4, 0.5) is 5.69 Å². The lowest BCUT2D eigenvalue weighted by Gasteiger charge is -2.11. The molecular formula is C20H21N5O4S. The molecule has 0 radical (unpaired) electrons. The standard InChI is InChI=1S/C20H21N5O4S/c1-25(2)10-9-21-30(28,29)12-7-8-16-14(11-12)17(20(26)23-16)19-18(24-27)13-5-3-4-6-15(13)22-19/h3-8,11,21-23,26H,9-10H2,1-2H3. The molecule has 2 aromatic carbocycles. The van der Waals surface area contributed by atoms with Crippen LogP contribution in [0.5, 0.6) is 5.88 Å². The first-order chi connectivity index (χ1) is 14.3.